The number of aromatic nitrogens is 4. The van der Waals surface area contributed by atoms with Crippen LogP contribution < -0.4 is 51.4 Å². The van der Waals surface area contributed by atoms with Crippen molar-refractivity contribution < 1.29 is 96.7 Å². The molecule has 32 nitrogen and oxygen atoms in total. The largest absolute Gasteiger partial charge is 0.490 e. The molecule has 470 valence electrons. The second-order valence-corrected chi connectivity index (χ2v) is 29.1. The maximum absolute atomic E-state index is 14.7. The number of nitrogen functional groups attached to an aromatic ring is 1. The van der Waals surface area contributed by atoms with Crippen LogP contribution in [0.2, 0.25) is 0 Å². The minimum atomic E-state index is -5.95. The fourth-order valence-electron chi connectivity index (χ4n) is 12.2. The molecule has 8 heterocycles. The van der Waals surface area contributed by atoms with Gasteiger partial charge in [0.25, 0.3) is 15.7 Å². The summed E-state index contributed by atoms with van der Waals surface area (Å²) in [6.07, 6.45) is 0.374. The summed E-state index contributed by atoms with van der Waals surface area (Å²) in [5.41, 5.74) is 11.5. The number of nitrogens with two attached hydrogens (primary N) is 1. The maximum Gasteiger partial charge on any atom is 0.490 e. The van der Waals surface area contributed by atoms with E-state index in [1.165, 1.54) is 12.1 Å². The molecule has 3 unspecified atom stereocenters. The number of amides is 2. The number of aliphatic hydroxyl groups excluding tert-OH is 1. The number of H-pyrrole nitrogens is 1. The van der Waals surface area contributed by atoms with Crippen LogP contribution in [0, 0.1) is 0 Å². The molecule has 0 aliphatic carbocycles. The molecule has 37 heteroatoms. The number of carbonyl (C=O) groups is 2. The molecule has 0 radical (unpaired) electrons. The Morgan fingerprint density at radius 2 is 1.57 bits per heavy atom. The fourth-order valence-corrected chi connectivity index (χ4v) is 17.1. The number of hydrogen-bond donors (Lipinski definition) is 11. The molecule has 0 spiro atoms. The van der Waals surface area contributed by atoms with E-state index >= 15 is 0 Å². The molecular formula is C50H62N10O22P3S2+. The summed E-state index contributed by atoms with van der Waals surface area (Å²) >= 11 is 0. The normalized spacial score (nSPS) is 21.2. The Morgan fingerprint density at radius 1 is 0.851 bits per heavy atom. The number of fused-ring (bicyclic) bond motifs is 5. The van der Waals surface area contributed by atoms with E-state index in [1.54, 1.807) is 0 Å². The number of hydrogen-bond acceptors (Lipinski definition) is 21. The van der Waals surface area contributed by atoms with Crippen LogP contribution in [0.5, 0.6) is 11.5 Å². The molecule has 87 heavy (non-hydrogen) atoms. The van der Waals surface area contributed by atoms with Gasteiger partial charge in [0.2, 0.25) is 27.2 Å². The van der Waals surface area contributed by atoms with Gasteiger partial charge < -0.3 is 60.2 Å². The van der Waals surface area contributed by atoms with Crippen LogP contribution in [-0.2, 0) is 86.9 Å². The third-order valence-corrected chi connectivity index (χ3v) is 21.8. The summed E-state index contributed by atoms with van der Waals surface area (Å²) < 4.78 is 137. The zero-order valence-corrected chi connectivity index (χ0v) is 50.4. The maximum atomic E-state index is 14.7. The monoisotopic (exact) mass is 1310 g/mol. The second-order valence-electron chi connectivity index (χ2n) is 21.6. The average Bonchev–Trinajstić information content (AvgIpc) is 1.50. The molecule has 6 atom stereocenters. The first-order chi connectivity index (χ1) is 41.1. The highest BCUT2D eigenvalue weighted by Crippen LogP contribution is 2.66. The number of aryl methyl sites for hydroxylation is 2. The number of unbranched alkanes of at least 4 members (excludes halogenated alkanes) is 2. The van der Waals surface area contributed by atoms with Gasteiger partial charge in [0.1, 0.15) is 36.8 Å². The Balaban J connectivity index is 0.728. The van der Waals surface area contributed by atoms with Crippen LogP contribution in [0.15, 0.2) is 51.2 Å². The molecule has 0 bridgehead atoms. The number of alkyl carbamates (subject to hydrolysis) is 1. The van der Waals surface area contributed by atoms with Crippen molar-refractivity contribution in [1.29, 1.82) is 0 Å². The fraction of sp³-hybridized carbons (Fsp3) is 0.480. The second kappa shape index (κ2) is 24.4. The highest BCUT2D eigenvalue weighted by atomic mass is 32.2. The number of anilines is 2. The van der Waals surface area contributed by atoms with Crippen LogP contribution in [0.4, 0.5) is 16.4 Å². The first-order valence-corrected chi connectivity index (χ1v) is 35.2. The Hall–Kier alpha value is -6.03. The summed E-state index contributed by atoms with van der Waals surface area (Å²) in [4.78, 5) is 87.4. The molecule has 5 aromatic rings. The lowest BCUT2D eigenvalue weighted by atomic mass is 9.82. The van der Waals surface area contributed by atoms with Crippen molar-refractivity contribution in [3.63, 3.8) is 0 Å². The number of aliphatic hydroxyl groups is 1. The highest BCUT2D eigenvalue weighted by Gasteiger charge is 2.50. The van der Waals surface area contributed by atoms with Crippen molar-refractivity contribution >= 4 is 84.0 Å². The number of rotatable bonds is 22. The van der Waals surface area contributed by atoms with Crippen LogP contribution in [-0.4, -0.2) is 148 Å². The zero-order chi connectivity index (χ0) is 62.0. The zero-order valence-electron chi connectivity index (χ0n) is 46.1. The standard InChI is InChI=1S/C50H61N10O22P3S2/c51-49-56-46-39(47(63)57-49)54-26-60(46)48-42(62)45(35(78-48)25-77-84(68,69)82-85(70,71)81-83(65,66)67)80-50(64)53-17-16-52-37(61)12-2-1-3-15-55-86(72,73)36-24-29(87(74,75)76)13-14-30(36)38-33-22-27-8-4-18-58-20-6-10-31(40(27)58)43(33)79-44-32-11-7-21-59-19-5-9-28(41(32)59)23-34(38)44/h13-14,22-24,26,35,42,45,48,55,62H,1-12,15-21,25H2,(H9-,51,52,53,56,57,61,63,64,65,66,67,68,69,70,71,74,75,76)/p+1/t35-,42-,45-,48?/m1/s1. The minimum Gasteiger partial charge on any atom is -0.455 e. The summed E-state index contributed by atoms with van der Waals surface area (Å²) in [7, 11) is -26.8. The van der Waals surface area contributed by atoms with Crippen molar-refractivity contribution in [3.05, 3.63) is 91.0 Å². The van der Waals surface area contributed by atoms with Gasteiger partial charge in [0.05, 0.1) is 28.3 Å². The predicted octanol–water partition coefficient (Wildman–Crippen LogP) is 0.735. The van der Waals surface area contributed by atoms with Crippen molar-refractivity contribution in [1.82, 2.24) is 39.5 Å². The lowest BCUT2D eigenvalue weighted by Gasteiger charge is -2.39. The van der Waals surface area contributed by atoms with Crippen molar-refractivity contribution in [3.8, 4) is 11.5 Å². The van der Waals surface area contributed by atoms with E-state index in [1.807, 2.05) is 0 Å². The Bertz CT molecular complexity index is 4210. The highest BCUT2D eigenvalue weighted by molar-refractivity contribution is 7.89. The van der Waals surface area contributed by atoms with E-state index in [-0.39, 0.29) is 66.5 Å². The number of nitrogens with zero attached hydrogens (tertiary/aromatic N) is 5. The number of ether oxygens (including phenoxy) is 3. The van der Waals surface area contributed by atoms with Gasteiger partial charge in [-0.2, -0.15) is 22.0 Å². The quantitative estimate of drug-likeness (QED) is 0.0193. The van der Waals surface area contributed by atoms with E-state index in [9.17, 15) is 64.4 Å². The number of benzene rings is 3. The molecule has 6 aliphatic heterocycles. The Labute approximate surface area is 495 Å². The number of sulfonamides is 1. The van der Waals surface area contributed by atoms with Gasteiger partial charge in [-0.25, -0.2) is 41.2 Å². The molecule has 1 saturated heterocycles. The molecular weight excluding hydrogens is 1250 g/mol. The van der Waals surface area contributed by atoms with E-state index in [0.717, 1.165) is 128 Å². The molecule has 2 amide bonds. The van der Waals surface area contributed by atoms with Crippen LogP contribution >= 0.6 is 23.5 Å². The van der Waals surface area contributed by atoms with Gasteiger partial charge in [0.15, 0.2) is 23.5 Å². The summed E-state index contributed by atoms with van der Waals surface area (Å²) in [5.74, 6) is 0.510. The van der Waals surface area contributed by atoms with E-state index in [0.29, 0.717) is 34.3 Å². The first kappa shape index (κ1) is 62.6. The Kier molecular flexibility index (Phi) is 17.5. The topological polar surface area (TPSA) is 462 Å². The van der Waals surface area contributed by atoms with Gasteiger partial charge >= 0.3 is 29.6 Å². The summed E-state index contributed by atoms with van der Waals surface area (Å²) in [6.45, 7) is 1.95. The molecule has 2 aromatic heterocycles. The van der Waals surface area contributed by atoms with Crippen molar-refractivity contribution in [2.24, 2.45) is 0 Å². The number of aromatic amines is 1. The van der Waals surface area contributed by atoms with Gasteiger partial charge in [0, 0.05) is 90.7 Å². The van der Waals surface area contributed by atoms with Gasteiger partial charge in [-0.05, 0) is 81.2 Å². The van der Waals surface area contributed by atoms with Crippen LogP contribution in [0.1, 0.15) is 91.0 Å². The predicted molar refractivity (Wildman–Crippen MR) is 304 cm³/mol. The number of carbonyl (C=O) groups excluding carboxylic acids is 2. The number of nitrogens with one attached hydrogen (secondary N) is 4. The first-order valence-electron chi connectivity index (χ1n) is 27.8. The van der Waals surface area contributed by atoms with Crippen molar-refractivity contribution in [2.75, 3.05) is 63.1 Å². The van der Waals surface area contributed by atoms with E-state index < -0.39 is 97.2 Å². The van der Waals surface area contributed by atoms with Crippen LogP contribution in [0.25, 0.3) is 16.7 Å². The lowest BCUT2D eigenvalue weighted by Crippen LogP contribution is -2.45. The molecule has 6 aliphatic rings. The van der Waals surface area contributed by atoms with Gasteiger partial charge in [-0.3, -0.25) is 28.2 Å². The number of phosphoric acid groups is 3. The van der Waals surface area contributed by atoms with E-state index in [2.05, 4.69) is 65.1 Å². The molecule has 0 saturated carbocycles. The number of imidazole rings is 1. The summed E-state index contributed by atoms with van der Waals surface area (Å²) in [6, 6.07) is 7.84. The van der Waals surface area contributed by atoms with Crippen molar-refractivity contribution in [2.45, 2.75) is 111 Å². The molecule has 1 fully saturated rings. The molecule has 3 aromatic carbocycles. The lowest BCUT2D eigenvalue weighted by molar-refractivity contribution is -0.121. The average molecular weight is 1310 g/mol. The SMILES string of the molecule is Nc1nc2c(ncn2C2O[C@H](COP(=O)(O)OP(=O)(O)OP(=O)(O)O)[C@@H](OC(=O)NCCNC(=O)CCCCCNS(=O)(=O)c3cc(S(=O)(=O)O)ccc3C3=c4cc5c6c(c4Oc4c3cc3c7c4CCCN7CCC3)CCC[N+]=6CCC5)[C@H]2O)c(=O)[nH]1. The van der Waals surface area contributed by atoms with E-state index in [4.69, 9.17) is 29.7 Å². The number of phosphoric ester groups is 1. The molecule has 11 rings (SSSR count). The van der Waals surface area contributed by atoms with Crippen LogP contribution in [0.3, 0.4) is 0 Å². The minimum absolute atomic E-state index is 0.0244. The third-order valence-electron chi connectivity index (χ3n) is 15.7. The summed E-state index contributed by atoms with van der Waals surface area (Å²) in [5, 5.41) is 18.2. The smallest absolute Gasteiger partial charge is 0.455 e. The van der Waals surface area contributed by atoms with Gasteiger partial charge in [-0.15, -0.1) is 0 Å². The molecule has 12 N–H and O–H groups in total. The Morgan fingerprint density at radius 3 is 2.33 bits per heavy atom. The third kappa shape index (κ3) is 13.3. The van der Waals surface area contributed by atoms with Gasteiger partial charge in [-0.1, -0.05) is 12.5 Å².